The molecule has 1 amide bonds. The van der Waals surface area contributed by atoms with E-state index in [-0.39, 0.29) is 25.7 Å². The number of hydrogen-bond acceptors (Lipinski definition) is 6. The minimum absolute atomic E-state index is 0.0698. The SMILES string of the molecule is CCCCCCC/C=C/C=C/[C@@H](O)[C@H](COP(=O)(O)OCCN)NC(=O)CCCCCCC/C=C\CCCCCCCC. The molecule has 0 heterocycles. The van der Waals surface area contributed by atoms with E-state index >= 15 is 0 Å². The maximum atomic E-state index is 12.6. The third-order valence-electron chi connectivity index (χ3n) is 7.24. The Morgan fingerprint density at radius 1 is 0.767 bits per heavy atom. The number of allylic oxidation sites excluding steroid dienone is 5. The summed E-state index contributed by atoms with van der Waals surface area (Å²) >= 11 is 0. The lowest BCUT2D eigenvalue weighted by Gasteiger charge is -2.23. The van der Waals surface area contributed by atoms with E-state index in [1.54, 1.807) is 12.2 Å². The molecule has 0 fully saturated rings. The molecule has 0 aromatic carbocycles. The number of aliphatic hydroxyl groups is 1. The molecule has 252 valence electrons. The summed E-state index contributed by atoms with van der Waals surface area (Å²) in [5.74, 6) is -0.225. The van der Waals surface area contributed by atoms with Crippen LogP contribution in [0.2, 0.25) is 0 Å². The van der Waals surface area contributed by atoms with Crippen molar-refractivity contribution < 1.29 is 28.4 Å². The Labute approximate surface area is 263 Å². The molecular weight excluding hydrogens is 563 g/mol. The van der Waals surface area contributed by atoms with Gasteiger partial charge in [-0.2, -0.15) is 0 Å². The predicted molar refractivity (Wildman–Crippen MR) is 180 cm³/mol. The van der Waals surface area contributed by atoms with E-state index in [0.29, 0.717) is 6.42 Å². The summed E-state index contributed by atoms with van der Waals surface area (Å²) in [7, 11) is -4.34. The Balaban J connectivity index is 4.40. The number of aliphatic hydroxyl groups excluding tert-OH is 1. The molecule has 0 bridgehead atoms. The molecule has 0 radical (unpaired) electrons. The van der Waals surface area contributed by atoms with Crippen molar-refractivity contribution >= 4 is 13.7 Å². The number of unbranched alkanes of at least 4 members (excludes halogenated alkanes) is 16. The third-order valence-corrected chi connectivity index (χ3v) is 8.23. The molecule has 0 rings (SSSR count). The van der Waals surface area contributed by atoms with Crippen LogP contribution >= 0.6 is 7.82 Å². The van der Waals surface area contributed by atoms with E-state index in [2.05, 4.69) is 37.4 Å². The number of amides is 1. The Hall–Kier alpha value is -1.28. The number of hydrogen-bond donors (Lipinski definition) is 4. The van der Waals surface area contributed by atoms with Gasteiger partial charge in [-0.1, -0.05) is 127 Å². The van der Waals surface area contributed by atoms with E-state index in [9.17, 15) is 19.4 Å². The molecule has 0 saturated carbocycles. The van der Waals surface area contributed by atoms with Crippen molar-refractivity contribution in [3.05, 3.63) is 36.5 Å². The van der Waals surface area contributed by atoms with Crippen LogP contribution in [0.4, 0.5) is 0 Å². The van der Waals surface area contributed by atoms with Crippen molar-refractivity contribution in [1.82, 2.24) is 5.32 Å². The minimum Gasteiger partial charge on any atom is -0.387 e. The van der Waals surface area contributed by atoms with Gasteiger partial charge in [-0.25, -0.2) is 4.57 Å². The lowest BCUT2D eigenvalue weighted by Crippen LogP contribution is -2.45. The lowest BCUT2D eigenvalue weighted by atomic mass is 10.1. The Morgan fingerprint density at radius 2 is 1.28 bits per heavy atom. The van der Waals surface area contributed by atoms with E-state index < -0.39 is 20.0 Å². The molecule has 0 aromatic heterocycles. The predicted octanol–water partition coefficient (Wildman–Crippen LogP) is 8.43. The first-order valence-corrected chi connectivity index (χ1v) is 18.6. The molecule has 0 saturated heterocycles. The molecule has 0 aliphatic carbocycles. The normalized spacial score (nSPS) is 15.0. The second-order valence-corrected chi connectivity index (χ2v) is 12.9. The zero-order chi connectivity index (χ0) is 31.9. The highest BCUT2D eigenvalue weighted by molar-refractivity contribution is 7.47. The molecule has 43 heavy (non-hydrogen) atoms. The van der Waals surface area contributed by atoms with E-state index in [1.165, 1.54) is 70.6 Å². The van der Waals surface area contributed by atoms with Crippen molar-refractivity contribution in [2.75, 3.05) is 19.8 Å². The molecule has 9 heteroatoms. The molecule has 0 aliphatic heterocycles. The highest BCUT2D eigenvalue weighted by Crippen LogP contribution is 2.43. The van der Waals surface area contributed by atoms with Crippen LogP contribution in [-0.4, -0.2) is 47.8 Å². The van der Waals surface area contributed by atoms with E-state index in [1.807, 2.05) is 6.08 Å². The zero-order valence-corrected chi connectivity index (χ0v) is 28.3. The minimum atomic E-state index is -4.34. The molecule has 1 unspecified atom stereocenters. The van der Waals surface area contributed by atoms with Crippen molar-refractivity contribution in [3.8, 4) is 0 Å². The maximum Gasteiger partial charge on any atom is 0.472 e. The number of rotatable bonds is 31. The number of carbonyl (C=O) groups excluding carboxylic acids is 1. The molecule has 0 aromatic rings. The fraction of sp³-hybridized carbons (Fsp3) is 0.794. The molecule has 5 N–H and O–H groups in total. The van der Waals surface area contributed by atoms with Crippen molar-refractivity contribution in [2.45, 2.75) is 154 Å². The maximum absolute atomic E-state index is 12.6. The number of nitrogens with one attached hydrogen (secondary N) is 1. The molecular formula is C34H65N2O6P. The Kier molecular flexibility index (Phi) is 29.8. The summed E-state index contributed by atoms with van der Waals surface area (Å²) in [5.41, 5.74) is 5.33. The molecule has 8 nitrogen and oxygen atoms in total. The zero-order valence-electron chi connectivity index (χ0n) is 27.4. The molecule has 3 atom stereocenters. The fourth-order valence-electron chi connectivity index (χ4n) is 4.59. The van der Waals surface area contributed by atoms with Crippen molar-refractivity contribution in [3.63, 3.8) is 0 Å². The van der Waals surface area contributed by atoms with Crippen LogP contribution in [0.25, 0.3) is 0 Å². The first-order valence-electron chi connectivity index (χ1n) is 17.1. The summed E-state index contributed by atoms with van der Waals surface area (Å²) in [6.45, 7) is 4.01. The summed E-state index contributed by atoms with van der Waals surface area (Å²) in [6.07, 6.45) is 33.5. The number of carbonyl (C=O) groups is 1. The van der Waals surface area contributed by atoms with Gasteiger partial charge in [0, 0.05) is 13.0 Å². The van der Waals surface area contributed by atoms with E-state index in [0.717, 1.165) is 51.4 Å². The number of phosphoric acid groups is 1. The van der Waals surface area contributed by atoms with Gasteiger partial charge < -0.3 is 21.1 Å². The standard InChI is InChI=1S/C34H65N2O6P/c1-3-5-7-9-11-13-14-15-16-17-18-20-22-24-26-28-34(38)36-32(31-42-43(39,40)41-30-29-35)33(37)27-25-23-21-19-12-10-8-6-4-2/h15-16,21,23,25,27,32-33,37H,3-14,17-20,22,24,26,28-31,35H2,1-2H3,(H,36,38)(H,39,40)/b16-15-,23-21+,27-25+/t32-,33+/m0/s1. The fourth-order valence-corrected chi connectivity index (χ4v) is 5.35. The largest absolute Gasteiger partial charge is 0.472 e. The van der Waals surface area contributed by atoms with Crippen LogP contribution in [0.5, 0.6) is 0 Å². The second kappa shape index (κ2) is 30.7. The van der Waals surface area contributed by atoms with Gasteiger partial charge in [-0.15, -0.1) is 0 Å². The summed E-state index contributed by atoms with van der Waals surface area (Å²) in [5, 5.41) is 13.4. The van der Waals surface area contributed by atoms with Crippen LogP contribution in [0.1, 0.15) is 142 Å². The van der Waals surface area contributed by atoms with Gasteiger partial charge in [0.15, 0.2) is 0 Å². The smallest absolute Gasteiger partial charge is 0.387 e. The summed E-state index contributed by atoms with van der Waals surface area (Å²) in [4.78, 5) is 22.4. The van der Waals surface area contributed by atoms with Gasteiger partial charge >= 0.3 is 7.82 Å². The number of phosphoric ester groups is 1. The topological polar surface area (TPSA) is 131 Å². The first kappa shape index (κ1) is 41.7. The molecule has 0 spiro atoms. The van der Waals surface area contributed by atoms with Gasteiger partial charge in [0.05, 0.1) is 25.4 Å². The Bertz CT molecular complexity index is 774. The number of nitrogens with two attached hydrogens (primary N) is 1. The third kappa shape index (κ3) is 29.2. The van der Waals surface area contributed by atoms with Crippen molar-refractivity contribution in [2.24, 2.45) is 5.73 Å². The average molecular weight is 629 g/mol. The Morgan fingerprint density at radius 3 is 1.84 bits per heavy atom. The summed E-state index contributed by atoms with van der Waals surface area (Å²) < 4.78 is 21.9. The van der Waals surface area contributed by atoms with E-state index in [4.69, 9.17) is 14.8 Å². The molecule has 0 aliphatic rings. The highest BCUT2D eigenvalue weighted by Gasteiger charge is 2.26. The van der Waals surface area contributed by atoms with Gasteiger partial charge in [-0.05, 0) is 44.9 Å². The van der Waals surface area contributed by atoms with Gasteiger partial charge in [0.25, 0.3) is 0 Å². The van der Waals surface area contributed by atoms with Gasteiger partial charge in [-0.3, -0.25) is 13.8 Å². The van der Waals surface area contributed by atoms with Crippen molar-refractivity contribution in [1.29, 1.82) is 0 Å². The van der Waals surface area contributed by atoms with Crippen LogP contribution in [0.15, 0.2) is 36.5 Å². The second-order valence-electron chi connectivity index (χ2n) is 11.4. The quantitative estimate of drug-likeness (QED) is 0.0262. The first-order chi connectivity index (χ1) is 20.9. The monoisotopic (exact) mass is 628 g/mol. The van der Waals surface area contributed by atoms with Gasteiger partial charge in [0.1, 0.15) is 0 Å². The van der Waals surface area contributed by atoms with Crippen LogP contribution in [0.3, 0.4) is 0 Å². The van der Waals surface area contributed by atoms with Crippen LogP contribution in [-0.2, 0) is 18.4 Å². The van der Waals surface area contributed by atoms with Crippen LogP contribution in [0, 0.1) is 0 Å². The highest BCUT2D eigenvalue weighted by atomic mass is 31.2. The average Bonchev–Trinajstić information content (AvgIpc) is 2.99. The van der Waals surface area contributed by atoms with Crippen LogP contribution < -0.4 is 11.1 Å². The summed E-state index contributed by atoms with van der Waals surface area (Å²) in [6, 6.07) is -0.892. The lowest BCUT2D eigenvalue weighted by molar-refractivity contribution is -0.123. The van der Waals surface area contributed by atoms with Gasteiger partial charge in [0.2, 0.25) is 5.91 Å².